The highest BCUT2D eigenvalue weighted by molar-refractivity contribution is 8.78. The molecule has 0 aliphatic heterocycles. The molecule has 0 aliphatic carbocycles. The summed E-state index contributed by atoms with van der Waals surface area (Å²) in [6, 6.07) is 0. The molecule has 10 heavy (non-hydrogen) atoms. The van der Waals surface area contributed by atoms with Gasteiger partial charge >= 0.3 is 0 Å². The van der Waals surface area contributed by atoms with E-state index in [4.69, 9.17) is 0 Å². The molecule has 5 heteroatoms. The Morgan fingerprint density at radius 3 is 1.50 bits per heavy atom. The molecule has 0 aromatic rings. The second-order valence-electron chi connectivity index (χ2n) is 2.19. The molecule has 0 aromatic heterocycles. The molecule has 0 fully saturated rings. The minimum atomic E-state index is 0.0950. The lowest BCUT2D eigenvalue weighted by atomic mass is 11.9. The monoisotopic (exact) mass is 219 g/mol. The molecule has 0 aromatic carbocycles. The van der Waals surface area contributed by atoms with Gasteiger partial charge in [-0.25, -0.2) is 0 Å². The molecule has 0 unspecified atom stereocenters. The van der Waals surface area contributed by atoms with Crippen molar-refractivity contribution in [3.8, 4) is 0 Å². The Balaban J connectivity index is 3.73. The van der Waals surface area contributed by atoms with E-state index < -0.39 is 0 Å². The number of nitrogens with zero attached hydrogens (tertiary/aromatic N) is 1. The van der Waals surface area contributed by atoms with E-state index in [0.29, 0.717) is 0 Å². The first-order chi connectivity index (χ1) is 4.59. The zero-order valence-electron chi connectivity index (χ0n) is 7.16. The van der Waals surface area contributed by atoms with E-state index >= 15 is 0 Å². The molecule has 0 N–H and O–H groups in total. The Kier molecular flexibility index (Phi) is 6.75. The molecule has 0 saturated heterocycles. The molecular formula is C5H17NS4. The molecule has 0 bridgehead atoms. The van der Waals surface area contributed by atoms with E-state index in [1.54, 1.807) is 0 Å². The minimum absolute atomic E-state index is 0.0950. The van der Waals surface area contributed by atoms with Crippen LogP contribution in [0.4, 0.5) is 0 Å². The van der Waals surface area contributed by atoms with Crippen LogP contribution in [0.5, 0.6) is 0 Å². The number of thiol groups is 2. The smallest absolute Gasteiger partial charge is 0.00977 e. The van der Waals surface area contributed by atoms with E-state index in [1.165, 1.54) is 0 Å². The van der Waals surface area contributed by atoms with Crippen molar-refractivity contribution in [3.05, 3.63) is 0 Å². The van der Waals surface area contributed by atoms with Crippen LogP contribution in [0.2, 0.25) is 0 Å². The first kappa shape index (κ1) is 11.4. The molecule has 0 atom stereocenters. The zero-order chi connectivity index (χ0) is 8.15. The van der Waals surface area contributed by atoms with Gasteiger partial charge in [-0.3, -0.25) is 0 Å². The first-order valence-electron chi connectivity index (χ1n) is 2.95. The Bertz CT molecular complexity index is 77.7. The fourth-order valence-electron chi connectivity index (χ4n) is 0.558. The summed E-state index contributed by atoms with van der Waals surface area (Å²) in [6.45, 7) is 0. The number of rotatable bonds is 4. The van der Waals surface area contributed by atoms with E-state index in [-0.39, 0.29) is 22.2 Å². The topological polar surface area (TPSA) is 3.24 Å². The third-order valence-corrected chi connectivity index (χ3v) is 8.63. The number of hydrogen-bond acceptors (Lipinski definition) is 3. The molecule has 0 aliphatic rings. The molecule has 0 rings (SSSR count). The van der Waals surface area contributed by atoms with Gasteiger partial charge in [-0.1, -0.05) is 10.8 Å². The second kappa shape index (κ2) is 5.94. The van der Waals surface area contributed by atoms with Gasteiger partial charge in [0.15, 0.2) is 0 Å². The summed E-state index contributed by atoms with van der Waals surface area (Å²) in [4.78, 5) is 0. The zero-order valence-corrected chi connectivity index (χ0v) is 10.6. The van der Waals surface area contributed by atoms with Crippen LogP contribution in [-0.4, -0.2) is 34.4 Å². The van der Waals surface area contributed by atoms with Gasteiger partial charge in [0.1, 0.15) is 0 Å². The van der Waals surface area contributed by atoms with E-state index in [9.17, 15) is 0 Å². The van der Waals surface area contributed by atoms with E-state index in [1.807, 2.05) is 21.8 Å². The van der Waals surface area contributed by atoms with E-state index in [2.05, 4.69) is 34.4 Å². The van der Waals surface area contributed by atoms with Crippen molar-refractivity contribution in [2.75, 3.05) is 31.3 Å². The predicted molar refractivity (Wildman–Crippen MR) is 64.6 cm³/mol. The summed E-state index contributed by atoms with van der Waals surface area (Å²) in [6.07, 6.45) is 11.4. The van der Waals surface area contributed by atoms with Crippen molar-refractivity contribution in [1.29, 1.82) is 0 Å². The Morgan fingerprint density at radius 1 is 1.00 bits per heavy atom. The second-order valence-corrected chi connectivity index (χ2v) is 9.53. The van der Waals surface area contributed by atoms with Crippen molar-refractivity contribution >= 4 is 43.9 Å². The predicted octanol–water partition coefficient (Wildman–Crippen LogP) is 2.57. The van der Waals surface area contributed by atoms with Crippen LogP contribution in [0.25, 0.3) is 0 Å². The van der Waals surface area contributed by atoms with Crippen LogP contribution in [0.15, 0.2) is 0 Å². The van der Waals surface area contributed by atoms with Crippen molar-refractivity contribution in [3.63, 3.8) is 0 Å². The molecule has 1 nitrogen and oxygen atoms in total. The Hall–Kier alpha value is 1.36. The number of hydrogen-bond donors (Lipinski definition) is 2. The summed E-state index contributed by atoms with van der Waals surface area (Å²) in [7, 11) is 3.74. The van der Waals surface area contributed by atoms with Gasteiger partial charge in [-0.15, -0.1) is 0 Å². The van der Waals surface area contributed by atoms with Gasteiger partial charge in [0.25, 0.3) is 0 Å². The summed E-state index contributed by atoms with van der Waals surface area (Å²) in [5.41, 5.74) is 0. The lowest BCUT2D eigenvalue weighted by Crippen LogP contribution is -2.03. The van der Waals surface area contributed by atoms with Gasteiger partial charge < -0.3 is 0 Å². The van der Waals surface area contributed by atoms with Gasteiger partial charge in [0, 0.05) is 11.0 Å². The van der Waals surface area contributed by atoms with Crippen LogP contribution in [0.3, 0.4) is 0 Å². The lowest BCUT2D eigenvalue weighted by Gasteiger charge is -2.32. The average Bonchev–Trinajstić information content (AvgIpc) is 1.81. The minimum Gasteiger partial charge on any atom is -0.184 e. The van der Waals surface area contributed by atoms with E-state index in [0.717, 1.165) is 0 Å². The van der Waals surface area contributed by atoms with Crippen molar-refractivity contribution in [1.82, 2.24) is 3.12 Å². The molecular weight excluding hydrogens is 202 g/mol. The molecule has 0 heterocycles. The molecule has 0 radical (unpaired) electrons. The van der Waals surface area contributed by atoms with Gasteiger partial charge in [-0.2, -0.15) is 25.3 Å². The summed E-state index contributed by atoms with van der Waals surface area (Å²) >= 11 is 0.190. The van der Waals surface area contributed by atoms with Crippen molar-refractivity contribution in [2.45, 2.75) is 0 Å². The van der Waals surface area contributed by atoms with Crippen LogP contribution < -0.4 is 0 Å². The van der Waals surface area contributed by atoms with Gasteiger partial charge in [0.05, 0.1) is 0 Å². The van der Waals surface area contributed by atoms with Crippen LogP contribution in [0, 0.1) is 0 Å². The summed E-state index contributed by atoms with van der Waals surface area (Å²) in [5.74, 6) is 0. The van der Waals surface area contributed by atoms with Crippen LogP contribution >= 0.6 is 43.9 Å². The third-order valence-electron chi connectivity index (χ3n) is 0.826. The van der Waals surface area contributed by atoms with Crippen molar-refractivity contribution < 1.29 is 0 Å². The fraction of sp³-hybridized carbons (Fsp3) is 1.00. The summed E-state index contributed by atoms with van der Waals surface area (Å²) < 4.78 is 2.52. The maximum absolute atomic E-state index is 2.52. The highest BCUT2D eigenvalue weighted by Crippen LogP contribution is 2.47. The lowest BCUT2D eigenvalue weighted by molar-refractivity contribution is 1.27. The summed E-state index contributed by atoms with van der Waals surface area (Å²) in [5, 5.41) is 0. The quantitative estimate of drug-likeness (QED) is 0.425. The highest BCUT2D eigenvalue weighted by Gasteiger charge is 2.07. The molecule has 0 amide bonds. The SMILES string of the molecule is CSSN([SH](C)C)[SH](C)C. The maximum Gasteiger partial charge on any atom is 0.00977 e. The molecule has 0 spiro atoms. The largest absolute Gasteiger partial charge is 0.184 e. The van der Waals surface area contributed by atoms with Gasteiger partial charge in [0.2, 0.25) is 0 Å². The third kappa shape index (κ3) is 4.28. The molecule has 0 saturated carbocycles. The molecule has 66 valence electrons. The van der Waals surface area contributed by atoms with Gasteiger partial charge in [-0.05, 0) is 31.3 Å². The Labute approximate surface area is 78.2 Å². The first-order valence-corrected chi connectivity index (χ1v) is 9.84. The normalized spacial score (nSPS) is 13.8. The maximum atomic E-state index is 2.52. The Morgan fingerprint density at radius 2 is 1.40 bits per heavy atom. The van der Waals surface area contributed by atoms with Crippen LogP contribution in [0.1, 0.15) is 0 Å². The standard InChI is InChI=1S/C5H17NS4/c1-7-8-6(9(2)3)10(4)5/h9-10H,1-5H3. The van der Waals surface area contributed by atoms with Crippen LogP contribution in [-0.2, 0) is 0 Å². The fourth-order valence-corrected chi connectivity index (χ4v) is 8.62. The average molecular weight is 219 g/mol. The van der Waals surface area contributed by atoms with Crippen molar-refractivity contribution in [2.24, 2.45) is 0 Å². The highest BCUT2D eigenvalue weighted by atomic mass is 33.1.